The summed E-state index contributed by atoms with van der Waals surface area (Å²) in [5.41, 5.74) is 1.37. The van der Waals surface area contributed by atoms with Crippen LogP contribution < -0.4 is 4.74 Å². The second-order valence-corrected chi connectivity index (χ2v) is 10.8. The summed E-state index contributed by atoms with van der Waals surface area (Å²) in [6.45, 7) is 9.07. The first-order valence-corrected chi connectivity index (χ1v) is 15.9. The van der Waals surface area contributed by atoms with E-state index in [1.165, 1.54) is 83.1 Å². The Morgan fingerprint density at radius 2 is 1.10 bits per heavy atom. The van der Waals surface area contributed by atoms with E-state index < -0.39 is 0 Å². The molecule has 0 amide bonds. The molecule has 0 fully saturated rings. The van der Waals surface area contributed by atoms with Crippen LogP contribution in [0.4, 0.5) is 0 Å². The quantitative estimate of drug-likeness (QED) is 0.0645. The van der Waals surface area contributed by atoms with Crippen LogP contribution in [0.5, 0.6) is 5.75 Å². The molecule has 0 aromatic heterocycles. The van der Waals surface area contributed by atoms with Crippen molar-refractivity contribution in [1.29, 1.82) is 0 Å². The van der Waals surface area contributed by atoms with Crippen LogP contribution in [0.3, 0.4) is 0 Å². The summed E-state index contributed by atoms with van der Waals surface area (Å²) in [6.07, 6.45) is 25.5. The molecule has 5 heteroatoms. The van der Waals surface area contributed by atoms with Crippen molar-refractivity contribution in [1.82, 2.24) is 0 Å². The van der Waals surface area contributed by atoms with Crippen molar-refractivity contribution in [2.75, 3.05) is 19.8 Å². The summed E-state index contributed by atoms with van der Waals surface area (Å²) >= 11 is 0. The van der Waals surface area contributed by atoms with E-state index in [-0.39, 0.29) is 11.9 Å². The maximum Gasteiger partial charge on any atom is 0.333 e. The van der Waals surface area contributed by atoms with Gasteiger partial charge in [-0.15, -0.1) is 0 Å². The number of rotatable bonds is 26. The lowest BCUT2D eigenvalue weighted by Crippen LogP contribution is -2.06. The Hall–Kier alpha value is -2.56. The van der Waals surface area contributed by atoms with Crippen molar-refractivity contribution < 1.29 is 23.8 Å². The smallest absolute Gasteiger partial charge is 0.333 e. The molecule has 5 nitrogen and oxygen atoms in total. The lowest BCUT2D eigenvalue weighted by Gasteiger charge is -2.07. The van der Waals surface area contributed by atoms with Gasteiger partial charge in [0, 0.05) is 11.6 Å². The van der Waals surface area contributed by atoms with Crippen molar-refractivity contribution in [2.45, 2.75) is 129 Å². The number of esters is 2. The van der Waals surface area contributed by atoms with Gasteiger partial charge in [-0.25, -0.2) is 9.59 Å². The maximum atomic E-state index is 12.0. The van der Waals surface area contributed by atoms with Crippen LogP contribution in [0.25, 0.3) is 6.08 Å². The zero-order valence-electron chi connectivity index (χ0n) is 25.6. The van der Waals surface area contributed by atoms with Gasteiger partial charge in [-0.2, -0.15) is 0 Å². The summed E-state index contributed by atoms with van der Waals surface area (Å²) in [6, 6.07) is 7.69. The highest BCUT2D eigenvalue weighted by Crippen LogP contribution is 2.15. The Kier molecular flexibility index (Phi) is 22.5. The highest BCUT2D eigenvalue weighted by atomic mass is 16.5. The fourth-order valence-corrected chi connectivity index (χ4v) is 4.39. The van der Waals surface area contributed by atoms with Crippen LogP contribution in [0.15, 0.2) is 42.5 Å². The number of hydrogen-bond acceptors (Lipinski definition) is 5. The predicted molar refractivity (Wildman–Crippen MR) is 166 cm³/mol. The molecular formula is C35H56O5. The minimum absolute atomic E-state index is 0.288. The molecule has 0 aliphatic rings. The number of ether oxygens (including phenoxy) is 3. The number of unbranched alkanes of at least 4 members (excludes halogenated alkanes) is 16. The van der Waals surface area contributed by atoms with Gasteiger partial charge in [-0.1, -0.05) is 109 Å². The van der Waals surface area contributed by atoms with Gasteiger partial charge in [-0.05, 0) is 62.8 Å². The third kappa shape index (κ3) is 21.3. The van der Waals surface area contributed by atoms with Gasteiger partial charge < -0.3 is 14.2 Å². The van der Waals surface area contributed by atoms with E-state index in [9.17, 15) is 9.59 Å². The number of hydrogen-bond donors (Lipinski definition) is 0. The first-order chi connectivity index (χ1) is 19.5. The molecule has 0 saturated carbocycles. The van der Waals surface area contributed by atoms with Crippen molar-refractivity contribution in [3.05, 3.63) is 48.1 Å². The van der Waals surface area contributed by atoms with E-state index in [0.717, 1.165) is 49.8 Å². The Morgan fingerprint density at radius 1 is 0.650 bits per heavy atom. The molecule has 0 saturated heterocycles. The molecule has 1 aromatic carbocycles. The van der Waals surface area contributed by atoms with Crippen molar-refractivity contribution in [3.8, 4) is 5.75 Å². The van der Waals surface area contributed by atoms with Gasteiger partial charge in [-0.3, -0.25) is 0 Å². The third-order valence-electron chi connectivity index (χ3n) is 6.92. The molecule has 0 aliphatic heterocycles. The average Bonchev–Trinajstić information content (AvgIpc) is 2.95. The molecule has 0 radical (unpaired) electrons. The summed E-state index contributed by atoms with van der Waals surface area (Å²) in [5, 5.41) is 0. The van der Waals surface area contributed by atoms with Gasteiger partial charge in [0.2, 0.25) is 0 Å². The van der Waals surface area contributed by atoms with E-state index in [1.54, 1.807) is 13.0 Å². The van der Waals surface area contributed by atoms with Crippen LogP contribution in [0.1, 0.15) is 135 Å². The molecule has 40 heavy (non-hydrogen) atoms. The fourth-order valence-electron chi connectivity index (χ4n) is 4.39. The molecule has 0 spiro atoms. The summed E-state index contributed by atoms with van der Waals surface area (Å²) in [7, 11) is 0. The predicted octanol–water partition coefficient (Wildman–Crippen LogP) is 9.78. The monoisotopic (exact) mass is 556 g/mol. The molecule has 1 rings (SSSR count). The third-order valence-corrected chi connectivity index (χ3v) is 6.92. The number of benzene rings is 1. The minimum atomic E-state index is -0.321. The average molecular weight is 557 g/mol. The second-order valence-electron chi connectivity index (χ2n) is 10.8. The van der Waals surface area contributed by atoms with E-state index >= 15 is 0 Å². The van der Waals surface area contributed by atoms with Crippen LogP contribution >= 0.6 is 0 Å². The van der Waals surface area contributed by atoms with Crippen molar-refractivity contribution in [3.63, 3.8) is 0 Å². The first-order valence-electron chi connectivity index (χ1n) is 15.9. The van der Waals surface area contributed by atoms with Crippen molar-refractivity contribution in [2.24, 2.45) is 0 Å². The Labute approximate surface area is 244 Å². The van der Waals surface area contributed by atoms with Gasteiger partial charge >= 0.3 is 11.9 Å². The van der Waals surface area contributed by atoms with E-state index in [1.807, 2.05) is 24.3 Å². The van der Waals surface area contributed by atoms with Gasteiger partial charge in [0.1, 0.15) is 5.75 Å². The summed E-state index contributed by atoms with van der Waals surface area (Å²) < 4.78 is 16.2. The summed E-state index contributed by atoms with van der Waals surface area (Å²) in [5.74, 6) is 0.205. The first kappa shape index (κ1) is 35.5. The molecule has 0 unspecified atom stereocenters. The molecule has 226 valence electrons. The Balaban J connectivity index is 1.97. The SMILES string of the molecule is C=C(C)C(=O)OCCCCCCOc1ccc(/C=C/C(=O)OCCCCCCCCCCCCCCCC)cc1. The van der Waals surface area contributed by atoms with Gasteiger partial charge in [0.15, 0.2) is 0 Å². The van der Waals surface area contributed by atoms with Crippen LogP contribution in [-0.4, -0.2) is 31.8 Å². The lowest BCUT2D eigenvalue weighted by molar-refractivity contribution is -0.139. The standard InChI is InChI=1S/C35H56O5/c1-4-5-6-7-8-9-10-11-12-13-14-15-16-20-29-39-34(36)27-24-32-22-25-33(26-23-32)38-28-19-17-18-21-30-40-35(37)31(2)3/h22-27H,2,4-21,28-30H2,1,3H3/b27-24+. The number of carbonyl (C=O) groups excluding carboxylic acids is 2. The largest absolute Gasteiger partial charge is 0.494 e. The minimum Gasteiger partial charge on any atom is -0.494 e. The zero-order valence-corrected chi connectivity index (χ0v) is 25.6. The molecule has 0 N–H and O–H groups in total. The molecule has 0 atom stereocenters. The van der Waals surface area contributed by atoms with E-state index in [4.69, 9.17) is 14.2 Å². The van der Waals surface area contributed by atoms with Crippen LogP contribution in [-0.2, 0) is 19.1 Å². The normalized spacial score (nSPS) is 11.1. The maximum absolute atomic E-state index is 12.0. The van der Waals surface area contributed by atoms with E-state index in [0.29, 0.717) is 25.4 Å². The lowest BCUT2D eigenvalue weighted by atomic mass is 10.0. The molecular weight excluding hydrogens is 500 g/mol. The van der Waals surface area contributed by atoms with E-state index in [2.05, 4.69) is 13.5 Å². The molecule has 0 heterocycles. The highest BCUT2D eigenvalue weighted by Gasteiger charge is 2.02. The summed E-state index contributed by atoms with van der Waals surface area (Å²) in [4.78, 5) is 23.3. The Bertz CT molecular complexity index is 812. The molecule has 1 aromatic rings. The topological polar surface area (TPSA) is 61.8 Å². The van der Waals surface area contributed by atoms with Gasteiger partial charge in [0.05, 0.1) is 19.8 Å². The zero-order chi connectivity index (χ0) is 29.1. The second kappa shape index (κ2) is 25.4. The molecule has 0 bridgehead atoms. The molecule has 0 aliphatic carbocycles. The number of carbonyl (C=O) groups is 2. The van der Waals surface area contributed by atoms with Crippen LogP contribution in [0, 0.1) is 0 Å². The Morgan fingerprint density at radius 3 is 1.60 bits per heavy atom. The highest BCUT2D eigenvalue weighted by molar-refractivity contribution is 5.87. The van der Waals surface area contributed by atoms with Gasteiger partial charge in [0.25, 0.3) is 0 Å². The fraction of sp³-hybridized carbons (Fsp3) is 0.657. The van der Waals surface area contributed by atoms with Crippen molar-refractivity contribution >= 4 is 18.0 Å². The van der Waals surface area contributed by atoms with Crippen LogP contribution in [0.2, 0.25) is 0 Å².